The molecule has 5 rings (SSSR count). The molecular weight excluding hydrogens is 454 g/mol. The molecule has 4 aromatic rings. The summed E-state index contributed by atoms with van der Waals surface area (Å²) in [6.45, 7) is 7.11. The zero-order chi connectivity index (χ0) is 23.1. The minimum Gasteiger partial charge on any atom is -0.496 e. The van der Waals surface area contributed by atoms with Gasteiger partial charge in [-0.2, -0.15) is 0 Å². The molecule has 2 atom stereocenters. The number of thiophene rings is 1. The lowest BCUT2D eigenvalue weighted by Gasteiger charge is -2.17. The van der Waals surface area contributed by atoms with Crippen molar-refractivity contribution in [2.45, 2.75) is 57.0 Å². The Balaban J connectivity index is 1.47. The highest BCUT2D eigenvalue weighted by Gasteiger charge is 2.25. The van der Waals surface area contributed by atoms with E-state index in [0.717, 1.165) is 51.8 Å². The topological polar surface area (TPSA) is 85.7 Å². The molecule has 172 valence electrons. The number of hydrogen-bond acceptors (Lipinski definition) is 7. The molecule has 0 unspecified atom stereocenters. The van der Waals surface area contributed by atoms with E-state index in [1.54, 1.807) is 30.2 Å². The van der Waals surface area contributed by atoms with Crippen LogP contribution in [-0.4, -0.2) is 31.8 Å². The largest absolute Gasteiger partial charge is 0.496 e. The Morgan fingerprint density at radius 1 is 1.33 bits per heavy atom. The number of aromatic amines is 1. The van der Waals surface area contributed by atoms with E-state index in [1.165, 1.54) is 10.4 Å². The van der Waals surface area contributed by atoms with Gasteiger partial charge in [-0.1, -0.05) is 30.8 Å². The maximum atomic E-state index is 13.0. The first-order valence-electron chi connectivity index (χ1n) is 11.3. The fourth-order valence-electron chi connectivity index (χ4n) is 4.46. The summed E-state index contributed by atoms with van der Waals surface area (Å²) in [5.74, 6) is 2.86. The van der Waals surface area contributed by atoms with E-state index in [4.69, 9.17) is 9.72 Å². The Kier molecular flexibility index (Phi) is 6.01. The third kappa shape index (κ3) is 3.97. The van der Waals surface area contributed by atoms with Gasteiger partial charge in [0, 0.05) is 11.4 Å². The number of nitrogens with zero attached hydrogens (tertiary/aromatic N) is 4. The first-order valence-corrected chi connectivity index (χ1v) is 13.0. The molecule has 3 aromatic heterocycles. The van der Waals surface area contributed by atoms with Crippen LogP contribution in [0.2, 0.25) is 0 Å². The Morgan fingerprint density at radius 3 is 2.94 bits per heavy atom. The van der Waals surface area contributed by atoms with Crippen LogP contribution in [0.1, 0.15) is 48.7 Å². The summed E-state index contributed by atoms with van der Waals surface area (Å²) in [6, 6.07) is 7.81. The SMILES string of the molecule is CCn1c(S[C@@H](C)c2nc3sc4c(c3c(=O)[nH]2)CC[C@H](C)C4)nnc1-c1ccccc1OC. The molecule has 0 saturated carbocycles. The molecule has 7 nitrogen and oxygen atoms in total. The van der Waals surface area contributed by atoms with Gasteiger partial charge in [0.05, 0.1) is 23.3 Å². The van der Waals surface area contributed by atoms with Crippen LogP contribution in [0.25, 0.3) is 21.6 Å². The second kappa shape index (κ2) is 8.95. The molecule has 0 saturated heterocycles. The summed E-state index contributed by atoms with van der Waals surface area (Å²) < 4.78 is 7.59. The van der Waals surface area contributed by atoms with Crippen LogP contribution in [-0.2, 0) is 19.4 Å². The molecule has 1 aliphatic rings. The van der Waals surface area contributed by atoms with Crippen LogP contribution >= 0.6 is 23.1 Å². The van der Waals surface area contributed by atoms with Crippen molar-refractivity contribution in [1.82, 2.24) is 24.7 Å². The van der Waals surface area contributed by atoms with Crippen LogP contribution in [0.4, 0.5) is 0 Å². The number of H-pyrrole nitrogens is 1. The van der Waals surface area contributed by atoms with Gasteiger partial charge in [0.2, 0.25) is 0 Å². The quantitative estimate of drug-likeness (QED) is 0.379. The molecule has 0 amide bonds. The monoisotopic (exact) mass is 481 g/mol. The van der Waals surface area contributed by atoms with Gasteiger partial charge in [0.15, 0.2) is 11.0 Å². The number of rotatable bonds is 6. The summed E-state index contributed by atoms with van der Waals surface area (Å²) in [7, 11) is 1.66. The third-order valence-electron chi connectivity index (χ3n) is 6.23. The normalized spacial score (nSPS) is 16.7. The first-order chi connectivity index (χ1) is 16.0. The molecule has 0 fully saturated rings. The van der Waals surface area contributed by atoms with Gasteiger partial charge in [-0.05, 0) is 56.7 Å². The fraction of sp³-hybridized carbons (Fsp3) is 0.417. The molecule has 0 spiro atoms. The Labute approximate surface area is 200 Å². The fourth-order valence-corrected chi connectivity index (χ4v) is 6.82. The summed E-state index contributed by atoms with van der Waals surface area (Å²) >= 11 is 3.23. The van der Waals surface area contributed by atoms with E-state index in [0.29, 0.717) is 18.3 Å². The predicted molar refractivity (Wildman–Crippen MR) is 133 cm³/mol. The minimum absolute atomic E-state index is 0.0267. The molecule has 0 radical (unpaired) electrons. The van der Waals surface area contributed by atoms with Crippen LogP contribution < -0.4 is 10.3 Å². The number of aromatic nitrogens is 5. The Hall–Kier alpha value is -2.65. The third-order valence-corrected chi connectivity index (χ3v) is 8.47. The predicted octanol–water partition coefficient (Wildman–Crippen LogP) is 5.25. The van der Waals surface area contributed by atoms with Crippen molar-refractivity contribution >= 4 is 33.3 Å². The van der Waals surface area contributed by atoms with Crippen LogP contribution in [0.3, 0.4) is 0 Å². The van der Waals surface area contributed by atoms with E-state index in [1.807, 2.05) is 31.2 Å². The van der Waals surface area contributed by atoms with Crippen molar-refractivity contribution in [2.24, 2.45) is 5.92 Å². The zero-order valence-electron chi connectivity index (χ0n) is 19.2. The molecule has 1 aliphatic carbocycles. The summed E-state index contributed by atoms with van der Waals surface area (Å²) in [5, 5.41) is 10.4. The van der Waals surface area contributed by atoms with Crippen molar-refractivity contribution < 1.29 is 4.74 Å². The van der Waals surface area contributed by atoms with Crippen molar-refractivity contribution in [2.75, 3.05) is 7.11 Å². The van der Waals surface area contributed by atoms with Gasteiger partial charge >= 0.3 is 0 Å². The van der Waals surface area contributed by atoms with Gasteiger partial charge in [-0.25, -0.2) is 4.98 Å². The Morgan fingerprint density at radius 2 is 2.15 bits per heavy atom. The standard InChI is InChI=1S/C24H27N5O2S2/c1-5-29-21(15-8-6-7-9-17(15)31-4)27-28-24(29)32-14(3)20-25-22(30)19-16-11-10-13(2)12-18(16)33-23(19)26-20/h6-9,13-14H,5,10-12H2,1-4H3,(H,25,26,30)/t13-,14-/m0/s1. The lowest BCUT2D eigenvalue weighted by atomic mass is 9.89. The van der Waals surface area contributed by atoms with E-state index >= 15 is 0 Å². The maximum absolute atomic E-state index is 13.0. The number of ether oxygens (including phenoxy) is 1. The molecule has 3 heterocycles. The summed E-state index contributed by atoms with van der Waals surface area (Å²) in [6.07, 6.45) is 3.14. The van der Waals surface area contributed by atoms with Crippen LogP contribution in [0.5, 0.6) is 5.75 Å². The van der Waals surface area contributed by atoms with Gasteiger partial charge in [0.1, 0.15) is 16.4 Å². The number of nitrogens with one attached hydrogen (secondary N) is 1. The average molecular weight is 482 g/mol. The van der Waals surface area contributed by atoms with Gasteiger partial charge in [-0.3, -0.25) is 4.79 Å². The van der Waals surface area contributed by atoms with E-state index in [-0.39, 0.29) is 10.8 Å². The number of benzene rings is 1. The van der Waals surface area contributed by atoms with Crippen LogP contribution in [0, 0.1) is 5.92 Å². The number of methoxy groups -OCH3 is 1. The van der Waals surface area contributed by atoms with Crippen molar-refractivity contribution in [3.05, 3.63) is 50.9 Å². The smallest absolute Gasteiger partial charge is 0.259 e. The molecule has 1 aromatic carbocycles. The van der Waals surface area contributed by atoms with Gasteiger partial charge in [-0.15, -0.1) is 21.5 Å². The van der Waals surface area contributed by atoms with Gasteiger partial charge < -0.3 is 14.3 Å². The van der Waals surface area contributed by atoms with E-state index in [9.17, 15) is 4.79 Å². The molecular formula is C24H27N5O2S2. The number of hydrogen-bond donors (Lipinski definition) is 1. The van der Waals surface area contributed by atoms with Crippen molar-refractivity contribution in [1.29, 1.82) is 0 Å². The maximum Gasteiger partial charge on any atom is 0.259 e. The van der Waals surface area contributed by atoms with Crippen LogP contribution in [0.15, 0.2) is 34.2 Å². The lowest BCUT2D eigenvalue weighted by Crippen LogP contribution is -2.15. The molecule has 1 N–H and O–H groups in total. The molecule has 33 heavy (non-hydrogen) atoms. The second-order valence-corrected chi connectivity index (χ2v) is 10.9. The molecule has 0 aliphatic heterocycles. The minimum atomic E-state index is -0.0832. The highest BCUT2D eigenvalue weighted by molar-refractivity contribution is 7.99. The summed E-state index contributed by atoms with van der Waals surface area (Å²) in [5.41, 5.74) is 2.09. The Bertz CT molecular complexity index is 1370. The van der Waals surface area contributed by atoms with E-state index in [2.05, 4.69) is 33.6 Å². The van der Waals surface area contributed by atoms with Gasteiger partial charge in [0.25, 0.3) is 5.56 Å². The number of thioether (sulfide) groups is 1. The van der Waals surface area contributed by atoms with Crippen molar-refractivity contribution in [3.63, 3.8) is 0 Å². The average Bonchev–Trinajstić information content (AvgIpc) is 3.39. The molecule has 0 bridgehead atoms. The number of fused-ring (bicyclic) bond motifs is 3. The first kappa shape index (κ1) is 22.2. The zero-order valence-corrected chi connectivity index (χ0v) is 20.8. The number of para-hydroxylation sites is 1. The highest BCUT2D eigenvalue weighted by Crippen LogP contribution is 2.38. The second-order valence-electron chi connectivity index (χ2n) is 8.49. The van der Waals surface area contributed by atoms with Crippen molar-refractivity contribution in [3.8, 4) is 17.1 Å². The summed E-state index contributed by atoms with van der Waals surface area (Å²) in [4.78, 5) is 23.1. The molecule has 9 heteroatoms. The number of aryl methyl sites for hydroxylation is 1. The van der Waals surface area contributed by atoms with E-state index < -0.39 is 0 Å². The highest BCUT2D eigenvalue weighted by atomic mass is 32.2. The lowest BCUT2D eigenvalue weighted by molar-refractivity contribution is 0.416.